The largest absolute Gasteiger partial charge is 0.399 e. The molecule has 4 heteroatoms. The Bertz CT molecular complexity index is 470. The summed E-state index contributed by atoms with van der Waals surface area (Å²) in [5.41, 5.74) is 7.62. The Balaban J connectivity index is 2.25. The van der Waals surface area contributed by atoms with Gasteiger partial charge in [0.25, 0.3) is 0 Å². The Morgan fingerprint density at radius 3 is 2.70 bits per heavy atom. The third-order valence-corrected chi connectivity index (χ3v) is 4.78. The summed E-state index contributed by atoms with van der Waals surface area (Å²) in [4.78, 5) is 16.0. The molecule has 0 fully saturated rings. The molecule has 1 aliphatic rings. The Labute approximate surface area is 125 Å². The number of benzene rings is 1. The monoisotopic (exact) mass is 292 g/mol. The van der Waals surface area contributed by atoms with Crippen LogP contribution >= 0.6 is 11.8 Å². The predicted octanol–water partition coefficient (Wildman–Crippen LogP) is 3.92. The van der Waals surface area contributed by atoms with Gasteiger partial charge >= 0.3 is 0 Å². The maximum atomic E-state index is 12.8. The lowest BCUT2D eigenvalue weighted by molar-refractivity contribution is -0.122. The third kappa shape index (κ3) is 3.29. The fourth-order valence-corrected chi connectivity index (χ4v) is 3.75. The van der Waals surface area contributed by atoms with Gasteiger partial charge in [-0.15, -0.1) is 11.8 Å². The molecule has 20 heavy (non-hydrogen) atoms. The van der Waals surface area contributed by atoms with Gasteiger partial charge in [-0.05, 0) is 31.0 Å². The first-order valence-electron chi connectivity index (χ1n) is 7.51. The van der Waals surface area contributed by atoms with Crippen LogP contribution in [0.3, 0.4) is 0 Å². The maximum Gasteiger partial charge on any atom is 0.230 e. The summed E-state index contributed by atoms with van der Waals surface area (Å²) >= 11 is 1.81. The molecule has 1 aromatic carbocycles. The minimum Gasteiger partial charge on any atom is -0.399 e. The Morgan fingerprint density at radius 2 is 2.05 bits per heavy atom. The van der Waals surface area contributed by atoms with Crippen LogP contribution in [0.4, 0.5) is 11.4 Å². The van der Waals surface area contributed by atoms with Gasteiger partial charge in [-0.25, -0.2) is 0 Å². The summed E-state index contributed by atoms with van der Waals surface area (Å²) in [5.74, 6) is 1.40. The molecule has 110 valence electrons. The molecule has 1 aliphatic heterocycles. The number of thioether (sulfide) groups is 1. The van der Waals surface area contributed by atoms with Crippen molar-refractivity contribution in [2.75, 3.05) is 22.9 Å². The Kier molecular flexibility index (Phi) is 5.35. The van der Waals surface area contributed by atoms with E-state index in [0.29, 0.717) is 0 Å². The van der Waals surface area contributed by atoms with Gasteiger partial charge in [0.1, 0.15) is 0 Å². The van der Waals surface area contributed by atoms with Crippen molar-refractivity contribution < 1.29 is 4.79 Å². The van der Waals surface area contributed by atoms with Crippen molar-refractivity contribution >= 4 is 29.0 Å². The molecule has 0 saturated carbocycles. The molecule has 2 rings (SSSR count). The van der Waals surface area contributed by atoms with Gasteiger partial charge in [-0.2, -0.15) is 0 Å². The van der Waals surface area contributed by atoms with Crippen LogP contribution in [-0.2, 0) is 4.79 Å². The van der Waals surface area contributed by atoms with Crippen molar-refractivity contribution in [3.8, 4) is 0 Å². The summed E-state index contributed by atoms with van der Waals surface area (Å²) in [6.07, 6.45) is 4.08. The van der Waals surface area contributed by atoms with Crippen molar-refractivity contribution in [2.24, 2.45) is 5.92 Å². The van der Waals surface area contributed by atoms with Crippen molar-refractivity contribution in [3.63, 3.8) is 0 Å². The van der Waals surface area contributed by atoms with Crippen LogP contribution in [-0.4, -0.2) is 18.2 Å². The Morgan fingerprint density at radius 1 is 1.35 bits per heavy atom. The van der Waals surface area contributed by atoms with E-state index in [2.05, 4.69) is 13.8 Å². The molecule has 0 spiro atoms. The lowest BCUT2D eigenvalue weighted by Crippen LogP contribution is -2.39. The van der Waals surface area contributed by atoms with E-state index < -0.39 is 0 Å². The van der Waals surface area contributed by atoms with Crippen LogP contribution in [0.15, 0.2) is 23.1 Å². The number of carbonyl (C=O) groups excluding carboxylic acids is 1. The normalized spacial score (nSPS) is 14.4. The quantitative estimate of drug-likeness (QED) is 0.837. The topological polar surface area (TPSA) is 46.3 Å². The van der Waals surface area contributed by atoms with E-state index in [-0.39, 0.29) is 11.8 Å². The van der Waals surface area contributed by atoms with E-state index in [1.807, 2.05) is 34.9 Å². The molecule has 1 amide bonds. The zero-order valence-corrected chi connectivity index (χ0v) is 13.2. The summed E-state index contributed by atoms with van der Waals surface area (Å²) < 4.78 is 0. The van der Waals surface area contributed by atoms with Gasteiger partial charge in [-0.3, -0.25) is 4.79 Å². The third-order valence-electron chi connectivity index (χ3n) is 3.74. The first-order chi connectivity index (χ1) is 9.67. The highest BCUT2D eigenvalue weighted by Gasteiger charge is 2.28. The highest BCUT2D eigenvalue weighted by molar-refractivity contribution is 7.99. The minimum absolute atomic E-state index is 0.155. The van der Waals surface area contributed by atoms with E-state index in [0.717, 1.165) is 49.4 Å². The molecule has 0 atom stereocenters. The van der Waals surface area contributed by atoms with E-state index in [1.165, 1.54) is 4.90 Å². The average molecular weight is 292 g/mol. The number of anilines is 2. The lowest BCUT2D eigenvalue weighted by atomic mass is 9.96. The molecule has 0 bridgehead atoms. The van der Waals surface area contributed by atoms with Gasteiger partial charge in [-0.1, -0.05) is 26.7 Å². The lowest BCUT2D eigenvalue weighted by Gasteiger charge is -2.32. The van der Waals surface area contributed by atoms with E-state index in [4.69, 9.17) is 5.73 Å². The van der Waals surface area contributed by atoms with Crippen molar-refractivity contribution in [1.82, 2.24) is 0 Å². The molecular formula is C16H24N2OS. The zero-order chi connectivity index (χ0) is 14.5. The molecule has 0 saturated heterocycles. The van der Waals surface area contributed by atoms with Gasteiger partial charge < -0.3 is 10.6 Å². The van der Waals surface area contributed by atoms with Crippen molar-refractivity contribution in [3.05, 3.63) is 18.2 Å². The number of nitrogens with zero attached hydrogens (tertiary/aromatic N) is 1. The second-order valence-corrected chi connectivity index (χ2v) is 6.48. The number of fused-ring (bicyclic) bond motifs is 1. The summed E-state index contributed by atoms with van der Waals surface area (Å²) in [5, 5.41) is 0. The van der Waals surface area contributed by atoms with E-state index in [1.54, 1.807) is 0 Å². The number of hydrogen-bond acceptors (Lipinski definition) is 3. The number of nitrogens with two attached hydrogens (primary N) is 1. The predicted molar refractivity (Wildman–Crippen MR) is 87.2 cm³/mol. The molecule has 0 aromatic heterocycles. The first kappa shape index (κ1) is 15.2. The summed E-state index contributed by atoms with van der Waals surface area (Å²) in [6.45, 7) is 5.09. The summed E-state index contributed by atoms with van der Waals surface area (Å²) in [7, 11) is 0. The van der Waals surface area contributed by atoms with Gasteiger partial charge in [0, 0.05) is 28.8 Å². The summed E-state index contributed by atoms with van der Waals surface area (Å²) in [6, 6.07) is 5.88. The maximum absolute atomic E-state index is 12.8. The highest BCUT2D eigenvalue weighted by Crippen LogP contribution is 2.37. The second-order valence-electron chi connectivity index (χ2n) is 5.34. The molecule has 2 N–H and O–H groups in total. The molecular weight excluding hydrogens is 268 g/mol. The molecule has 1 aromatic rings. The minimum atomic E-state index is 0.155. The molecule has 1 heterocycles. The SMILES string of the molecule is CCCC(CCC)C(=O)N1CCSc2ccc(N)cc21. The molecule has 0 unspecified atom stereocenters. The van der Waals surface area contributed by atoms with Crippen LogP contribution in [0.2, 0.25) is 0 Å². The highest BCUT2D eigenvalue weighted by atomic mass is 32.2. The van der Waals surface area contributed by atoms with Crippen LogP contribution < -0.4 is 10.6 Å². The number of carbonyl (C=O) groups is 1. The number of hydrogen-bond donors (Lipinski definition) is 1. The smallest absolute Gasteiger partial charge is 0.230 e. The standard InChI is InChI=1S/C16H24N2OS/c1-3-5-12(6-4-2)16(19)18-9-10-20-15-8-7-13(17)11-14(15)18/h7-8,11-12H,3-6,9-10,17H2,1-2H3. The van der Waals surface area contributed by atoms with E-state index >= 15 is 0 Å². The second kappa shape index (κ2) is 7.02. The van der Waals surface area contributed by atoms with Gasteiger partial charge in [0.05, 0.1) is 5.69 Å². The van der Waals surface area contributed by atoms with Crippen LogP contribution in [0.25, 0.3) is 0 Å². The van der Waals surface area contributed by atoms with Crippen LogP contribution in [0.5, 0.6) is 0 Å². The first-order valence-corrected chi connectivity index (χ1v) is 8.49. The number of nitrogen functional groups attached to an aromatic ring is 1. The van der Waals surface area contributed by atoms with E-state index in [9.17, 15) is 4.79 Å². The van der Waals surface area contributed by atoms with Gasteiger partial charge in [0.15, 0.2) is 0 Å². The fourth-order valence-electron chi connectivity index (χ4n) is 2.77. The molecule has 0 radical (unpaired) electrons. The molecule has 3 nitrogen and oxygen atoms in total. The Hall–Kier alpha value is -1.16. The van der Waals surface area contributed by atoms with Crippen LogP contribution in [0, 0.1) is 5.92 Å². The number of amides is 1. The zero-order valence-electron chi connectivity index (χ0n) is 12.4. The van der Waals surface area contributed by atoms with Crippen molar-refractivity contribution in [2.45, 2.75) is 44.4 Å². The number of rotatable bonds is 5. The molecule has 0 aliphatic carbocycles. The van der Waals surface area contributed by atoms with Crippen LogP contribution in [0.1, 0.15) is 39.5 Å². The van der Waals surface area contributed by atoms with Crippen molar-refractivity contribution in [1.29, 1.82) is 0 Å². The fraction of sp³-hybridized carbons (Fsp3) is 0.562. The average Bonchev–Trinajstić information content (AvgIpc) is 2.45. The van der Waals surface area contributed by atoms with Gasteiger partial charge in [0.2, 0.25) is 5.91 Å².